The number of carbonyl (C=O) groups excluding carboxylic acids is 1. The molecule has 174 valence electrons. The molecule has 1 unspecified atom stereocenters. The van der Waals surface area contributed by atoms with E-state index < -0.39 is 5.92 Å². The fourth-order valence-corrected chi connectivity index (χ4v) is 6.04. The highest BCUT2D eigenvalue weighted by molar-refractivity contribution is 9.10. The van der Waals surface area contributed by atoms with Crippen molar-refractivity contribution in [3.8, 4) is 0 Å². The normalized spacial score (nSPS) is 18.8. The molecule has 0 radical (unpaired) electrons. The number of anilines is 1. The van der Waals surface area contributed by atoms with E-state index in [4.69, 9.17) is 4.98 Å². The van der Waals surface area contributed by atoms with Gasteiger partial charge in [-0.1, -0.05) is 71.9 Å². The molecular formula is C26H23BrFN3O2S. The molecule has 0 amide bonds. The zero-order valence-electron chi connectivity index (χ0n) is 18.7. The molecule has 2 aliphatic rings. The first-order valence-corrected chi connectivity index (χ1v) is 12.8. The van der Waals surface area contributed by atoms with Gasteiger partial charge < -0.3 is 10.3 Å². The fourth-order valence-electron chi connectivity index (χ4n) is 4.71. The number of aromatic nitrogens is 2. The first-order valence-electron chi connectivity index (χ1n) is 11.0. The van der Waals surface area contributed by atoms with Crippen molar-refractivity contribution in [1.82, 2.24) is 9.97 Å². The Bertz CT molecular complexity index is 1380. The number of allylic oxidation sites excluding steroid dienone is 2. The second-order valence-corrected chi connectivity index (χ2v) is 11.3. The van der Waals surface area contributed by atoms with Crippen molar-refractivity contribution >= 4 is 39.3 Å². The Labute approximate surface area is 209 Å². The molecule has 2 aromatic carbocycles. The summed E-state index contributed by atoms with van der Waals surface area (Å²) < 4.78 is 14.0. The maximum atomic E-state index is 13.4. The Hall–Kier alpha value is -2.71. The fraction of sp³-hybridized carbons (Fsp3) is 0.269. The van der Waals surface area contributed by atoms with Gasteiger partial charge >= 0.3 is 0 Å². The Balaban J connectivity index is 1.59. The van der Waals surface area contributed by atoms with Crippen LogP contribution < -0.4 is 10.9 Å². The number of hydrogen-bond donors (Lipinski definition) is 2. The topological polar surface area (TPSA) is 74.8 Å². The van der Waals surface area contributed by atoms with Crippen LogP contribution >= 0.6 is 27.7 Å². The molecule has 0 saturated heterocycles. The third kappa shape index (κ3) is 4.36. The number of rotatable bonds is 4. The Morgan fingerprint density at radius 3 is 2.59 bits per heavy atom. The lowest BCUT2D eigenvalue weighted by atomic mass is 9.69. The summed E-state index contributed by atoms with van der Waals surface area (Å²) in [6.45, 7) is 4.16. The molecule has 1 aliphatic heterocycles. The quantitative estimate of drug-likeness (QED) is 0.306. The second kappa shape index (κ2) is 8.82. The second-order valence-electron chi connectivity index (χ2n) is 9.46. The van der Waals surface area contributed by atoms with Crippen LogP contribution in [0.4, 0.5) is 10.2 Å². The number of nitrogens with zero attached hydrogens (tertiary/aromatic N) is 1. The third-order valence-corrected chi connectivity index (χ3v) is 7.87. The maximum Gasteiger partial charge on any atom is 0.257 e. The minimum atomic E-state index is -0.502. The summed E-state index contributed by atoms with van der Waals surface area (Å²) in [5, 5.41) is 3.81. The summed E-state index contributed by atoms with van der Waals surface area (Å²) in [6, 6.07) is 13.9. The molecule has 2 N–H and O–H groups in total. The molecule has 2 heterocycles. The van der Waals surface area contributed by atoms with Gasteiger partial charge in [-0.15, -0.1) is 0 Å². The molecule has 5 nitrogen and oxygen atoms in total. The van der Waals surface area contributed by atoms with Crippen LogP contribution in [0.3, 0.4) is 0 Å². The summed E-state index contributed by atoms with van der Waals surface area (Å²) >= 11 is 4.99. The predicted octanol–water partition coefficient (Wildman–Crippen LogP) is 6.16. The molecule has 1 atom stereocenters. The number of benzene rings is 2. The van der Waals surface area contributed by atoms with E-state index in [1.807, 2.05) is 24.3 Å². The van der Waals surface area contributed by atoms with Crippen molar-refractivity contribution in [2.75, 3.05) is 5.32 Å². The number of fused-ring (bicyclic) bond motifs is 1. The summed E-state index contributed by atoms with van der Waals surface area (Å²) in [5.41, 5.74) is 3.27. The van der Waals surface area contributed by atoms with E-state index in [1.54, 1.807) is 12.1 Å². The van der Waals surface area contributed by atoms with Gasteiger partial charge in [-0.3, -0.25) is 9.59 Å². The molecule has 3 aromatic rings. The zero-order valence-corrected chi connectivity index (χ0v) is 21.1. The predicted molar refractivity (Wildman–Crippen MR) is 135 cm³/mol. The SMILES string of the molecule is CC1(C)CC(=O)C2=C(C1)Nc1nc(SCc3ccc(F)cc3)[nH]c(=O)c1C2c1ccccc1Br. The first-order chi connectivity index (χ1) is 16.2. The van der Waals surface area contributed by atoms with Crippen LogP contribution in [0.2, 0.25) is 0 Å². The van der Waals surface area contributed by atoms with E-state index in [1.165, 1.54) is 23.9 Å². The van der Waals surface area contributed by atoms with Crippen LogP contribution in [-0.2, 0) is 10.5 Å². The highest BCUT2D eigenvalue weighted by Crippen LogP contribution is 2.48. The molecule has 0 spiro atoms. The van der Waals surface area contributed by atoms with E-state index in [0.29, 0.717) is 40.7 Å². The molecule has 5 rings (SSSR count). The molecular weight excluding hydrogens is 517 g/mol. The van der Waals surface area contributed by atoms with Gasteiger partial charge in [0.15, 0.2) is 10.9 Å². The van der Waals surface area contributed by atoms with E-state index in [0.717, 1.165) is 21.3 Å². The molecule has 1 aliphatic carbocycles. The van der Waals surface area contributed by atoms with Gasteiger partial charge in [0.2, 0.25) is 0 Å². The standard InChI is InChI=1S/C26H23BrFN3O2S/c1-26(2)11-18-21(19(32)12-26)20(16-5-3-4-6-17(16)27)22-23(29-18)30-25(31-24(22)33)34-13-14-7-9-15(28)10-8-14/h3-10,20H,11-13H2,1-2H3,(H2,29,30,31,33). The van der Waals surface area contributed by atoms with E-state index in [2.05, 4.69) is 40.1 Å². The van der Waals surface area contributed by atoms with Crippen molar-refractivity contribution in [1.29, 1.82) is 0 Å². The summed E-state index contributed by atoms with van der Waals surface area (Å²) in [5.74, 6) is 0.285. The number of aromatic amines is 1. The van der Waals surface area contributed by atoms with Crippen LogP contribution in [-0.4, -0.2) is 15.8 Å². The van der Waals surface area contributed by atoms with E-state index in [9.17, 15) is 14.0 Å². The average molecular weight is 540 g/mol. The van der Waals surface area contributed by atoms with Gasteiger partial charge in [-0.25, -0.2) is 9.37 Å². The highest BCUT2D eigenvalue weighted by atomic mass is 79.9. The number of thioether (sulfide) groups is 1. The molecule has 8 heteroatoms. The lowest BCUT2D eigenvalue weighted by Gasteiger charge is -2.38. The minimum Gasteiger partial charge on any atom is -0.343 e. The lowest BCUT2D eigenvalue weighted by Crippen LogP contribution is -2.37. The maximum absolute atomic E-state index is 13.4. The highest BCUT2D eigenvalue weighted by Gasteiger charge is 2.42. The third-order valence-electron chi connectivity index (χ3n) is 6.21. The van der Waals surface area contributed by atoms with Gasteiger partial charge in [0.25, 0.3) is 5.56 Å². The molecule has 34 heavy (non-hydrogen) atoms. The Morgan fingerprint density at radius 2 is 1.85 bits per heavy atom. The summed E-state index contributed by atoms with van der Waals surface area (Å²) in [4.78, 5) is 34.4. The lowest BCUT2D eigenvalue weighted by molar-refractivity contribution is -0.118. The smallest absolute Gasteiger partial charge is 0.257 e. The van der Waals surface area contributed by atoms with Gasteiger partial charge in [-0.05, 0) is 41.2 Å². The minimum absolute atomic E-state index is 0.0549. The number of halogens is 2. The van der Waals surface area contributed by atoms with Crippen molar-refractivity contribution in [3.63, 3.8) is 0 Å². The van der Waals surface area contributed by atoms with Crippen LogP contribution in [0.15, 0.2) is 74.2 Å². The number of ketones is 1. The molecule has 0 fully saturated rings. The van der Waals surface area contributed by atoms with Crippen LogP contribution in [0.5, 0.6) is 0 Å². The van der Waals surface area contributed by atoms with E-state index >= 15 is 0 Å². The van der Waals surface area contributed by atoms with Crippen molar-refractivity contribution in [2.24, 2.45) is 5.41 Å². The molecule has 0 saturated carbocycles. The summed E-state index contributed by atoms with van der Waals surface area (Å²) in [6.07, 6.45) is 1.13. The number of nitrogens with one attached hydrogen (secondary N) is 2. The molecule has 0 bridgehead atoms. The summed E-state index contributed by atoms with van der Waals surface area (Å²) in [7, 11) is 0. The Kier molecular flexibility index (Phi) is 5.98. The number of carbonyl (C=O) groups is 1. The molecule has 1 aromatic heterocycles. The number of hydrogen-bond acceptors (Lipinski definition) is 5. The van der Waals surface area contributed by atoms with Crippen LogP contribution in [0, 0.1) is 11.2 Å². The number of Topliss-reactive ketones (excluding diaryl/α,β-unsaturated/α-hetero) is 1. The Morgan fingerprint density at radius 1 is 1.12 bits per heavy atom. The van der Waals surface area contributed by atoms with Gasteiger partial charge in [-0.2, -0.15) is 0 Å². The first kappa shape index (κ1) is 23.1. The number of H-pyrrole nitrogens is 1. The van der Waals surface area contributed by atoms with Gasteiger partial charge in [0.05, 0.1) is 5.56 Å². The monoisotopic (exact) mass is 539 g/mol. The average Bonchev–Trinajstić information content (AvgIpc) is 2.77. The van der Waals surface area contributed by atoms with Gasteiger partial charge in [0, 0.05) is 33.8 Å². The van der Waals surface area contributed by atoms with Gasteiger partial charge in [0.1, 0.15) is 11.6 Å². The zero-order chi connectivity index (χ0) is 24.0. The van der Waals surface area contributed by atoms with E-state index in [-0.39, 0.29) is 22.6 Å². The van der Waals surface area contributed by atoms with Crippen LogP contribution in [0.1, 0.15) is 49.3 Å². The van der Waals surface area contributed by atoms with Crippen molar-refractivity contribution < 1.29 is 9.18 Å². The van der Waals surface area contributed by atoms with Crippen LogP contribution in [0.25, 0.3) is 0 Å². The van der Waals surface area contributed by atoms with Crippen molar-refractivity contribution in [3.05, 3.63) is 97.1 Å². The van der Waals surface area contributed by atoms with Crippen molar-refractivity contribution in [2.45, 2.75) is 43.5 Å². The largest absolute Gasteiger partial charge is 0.343 e.